The first-order valence-electron chi connectivity index (χ1n) is 5.91. The summed E-state index contributed by atoms with van der Waals surface area (Å²) in [5.74, 6) is 0.937. The van der Waals surface area contributed by atoms with E-state index >= 15 is 0 Å². The molecule has 0 aliphatic carbocycles. The molecule has 1 aliphatic rings. The molecule has 1 aromatic rings. The highest BCUT2D eigenvalue weighted by Crippen LogP contribution is 2.21. The van der Waals surface area contributed by atoms with Gasteiger partial charge in [0.05, 0.1) is 11.1 Å². The second kappa shape index (κ2) is 5.67. The van der Waals surface area contributed by atoms with Crippen LogP contribution < -0.4 is 10.6 Å². The molecule has 0 spiro atoms. The van der Waals surface area contributed by atoms with E-state index in [0.29, 0.717) is 11.6 Å². The predicted molar refractivity (Wildman–Crippen MR) is 69.4 cm³/mol. The first kappa shape index (κ1) is 12.6. The zero-order valence-electron chi connectivity index (χ0n) is 10.0. The maximum absolute atomic E-state index is 6.01. The van der Waals surface area contributed by atoms with Gasteiger partial charge in [-0.3, -0.25) is 0 Å². The standard InChI is InChI=1S/C12H18ClN3O/c1-9-8-16(3-2-4-17-9)12-5-10(6-14)11(13)7-15-12/h5,7,9H,2-4,6,8,14H2,1H3. The summed E-state index contributed by atoms with van der Waals surface area (Å²) < 4.78 is 5.61. The Morgan fingerprint density at radius 3 is 3.24 bits per heavy atom. The average molecular weight is 256 g/mol. The maximum Gasteiger partial charge on any atom is 0.128 e. The molecule has 2 heterocycles. The Hall–Kier alpha value is -0.840. The highest BCUT2D eigenvalue weighted by molar-refractivity contribution is 6.31. The number of rotatable bonds is 2. The third-order valence-corrected chi connectivity index (χ3v) is 3.26. The molecule has 1 unspecified atom stereocenters. The van der Waals surface area contributed by atoms with E-state index in [4.69, 9.17) is 22.1 Å². The minimum atomic E-state index is 0.233. The molecule has 0 saturated carbocycles. The number of hydrogen-bond acceptors (Lipinski definition) is 4. The molecule has 4 nitrogen and oxygen atoms in total. The molecule has 0 bridgehead atoms. The summed E-state index contributed by atoms with van der Waals surface area (Å²) in [7, 11) is 0. The van der Waals surface area contributed by atoms with E-state index in [1.54, 1.807) is 6.20 Å². The topological polar surface area (TPSA) is 51.4 Å². The molecular weight excluding hydrogens is 238 g/mol. The van der Waals surface area contributed by atoms with Crippen molar-refractivity contribution in [2.24, 2.45) is 5.73 Å². The van der Waals surface area contributed by atoms with Gasteiger partial charge in [0.1, 0.15) is 5.82 Å². The van der Waals surface area contributed by atoms with E-state index in [2.05, 4.69) is 16.8 Å². The van der Waals surface area contributed by atoms with Crippen LogP contribution >= 0.6 is 11.6 Å². The van der Waals surface area contributed by atoms with Crippen LogP contribution in [0.15, 0.2) is 12.3 Å². The van der Waals surface area contributed by atoms with Crippen molar-refractivity contribution in [1.82, 2.24) is 4.98 Å². The number of anilines is 1. The van der Waals surface area contributed by atoms with Crippen molar-refractivity contribution in [3.63, 3.8) is 0 Å². The number of pyridine rings is 1. The van der Waals surface area contributed by atoms with Crippen LogP contribution in [-0.4, -0.2) is 30.8 Å². The summed E-state index contributed by atoms with van der Waals surface area (Å²) in [5.41, 5.74) is 6.59. The number of ether oxygens (including phenoxy) is 1. The van der Waals surface area contributed by atoms with Crippen molar-refractivity contribution in [1.29, 1.82) is 0 Å². The fraction of sp³-hybridized carbons (Fsp3) is 0.583. The van der Waals surface area contributed by atoms with E-state index in [9.17, 15) is 0 Å². The summed E-state index contributed by atoms with van der Waals surface area (Å²) in [6.45, 7) is 5.16. The summed E-state index contributed by atoms with van der Waals surface area (Å²) in [4.78, 5) is 6.60. The molecule has 1 saturated heterocycles. The highest BCUT2D eigenvalue weighted by atomic mass is 35.5. The molecule has 0 amide bonds. The van der Waals surface area contributed by atoms with Crippen LogP contribution in [0.1, 0.15) is 18.9 Å². The SMILES string of the molecule is CC1CN(c2cc(CN)c(Cl)cn2)CCCO1. The number of halogens is 1. The molecule has 0 aromatic carbocycles. The van der Waals surface area contributed by atoms with E-state index in [-0.39, 0.29) is 6.10 Å². The van der Waals surface area contributed by atoms with Crippen molar-refractivity contribution < 1.29 is 4.74 Å². The Morgan fingerprint density at radius 1 is 1.65 bits per heavy atom. The quantitative estimate of drug-likeness (QED) is 0.876. The van der Waals surface area contributed by atoms with Crippen LogP contribution in [0, 0.1) is 0 Å². The van der Waals surface area contributed by atoms with Crippen LogP contribution in [-0.2, 0) is 11.3 Å². The molecule has 2 N–H and O–H groups in total. The zero-order chi connectivity index (χ0) is 12.3. The highest BCUT2D eigenvalue weighted by Gasteiger charge is 2.17. The van der Waals surface area contributed by atoms with Gasteiger partial charge in [-0.25, -0.2) is 4.98 Å². The number of hydrogen-bond donors (Lipinski definition) is 1. The molecule has 1 fully saturated rings. The van der Waals surface area contributed by atoms with Gasteiger partial charge in [0.15, 0.2) is 0 Å². The van der Waals surface area contributed by atoms with Gasteiger partial charge in [-0.1, -0.05) is 11.6 Å². The van der Waals surface area contributed by atoms with Gasteiger partial charge in [-0.05, 0) is 25.0 Å². The van der Waals surface area contributed by atoms with Crippen LogP contribution in [0.5, 0.6) is 0 Å². The van der Waals surface area contributed by atoms with Crippen molar-refractivity contribution >= 4 is 17.4 Å². The lowest BCUT2D eigenvalue weighted by atomic mass is 10.2. The van der Waals surface area contributed by atoms with E-state index in [1.165, 1.54) is 0 Å². The fourth-order valence-corrected chi connectivity index (χ4v) is 2.18. The van der Waals surface area contributed by atoms with Crippen molar-refractivity contribution in [2.45, 2.75) is 26.0 Å². The van der Waals surface area contributed by atoms with Gasteiger partial charge in [0, 0.05) is 32.4 Å². The number of nitrogens with two attached hydrogens (primary N) is 1. The van der Waals surface area contributed by atoms with Gasteiger partial charge >= 0.3 is 0 Å². The first-order valence-corrected chi connectivity index (χ1v) is 6.29. The molecule has 94 valence electrons. The minimum absolute atomic E-state index is 0.233. The minimum Gasteiger partial charge on any atom is -0.377 e. The average Bonchev–Trinajstić information content (AvgIpc) is 2.54. The Labute approximate surface area is 107 Å². The predicted octanol–water partition coefficient (Wildman–Crippen LogP) is 1.81. The second-order valence-corrected chi connectivity index (χ2v) is 4.73. The molecule has 0 radical (unpaired) electrons. The molecule has 1 atom stereocenters. The van der Waals surface area contributed by atoms with Crippen molar-refractivity contribution in [2.75, 3.05) is 24.6 Å². The third-order valence-electron chi connectivity index (χ3n) is 2.92. The van der Waals surface area contributed by atoms with Crippen LogP contribution in [0.25, 0.3) is 0 Å². The number of aromatic nitrogens is 1. The smallest absolute Gasteiger partial charge is 0.128 e. The third kappa shape index (κ3) is 3.09. The van der Waals surface area contributed by atoms with E-state index in [1.807, 2.05) is 6.07 Å². The second-order valence-electron chi connectivity index (χ2n) is 4.32. The van der Waals surface area contributed by atoms with Crippen molar-refractivity contribution in [3.05, 3.63) is 22.8 Å². The first-order chi connectivity index (χ1) is 8.20. The molecule has 1 aromatic heterocycles. The molecule has 1 aliphatic heterocycles. The fourth-order valence-electron chi connectivity index (χ4n) is 2.00. The largest absolute Gasteiger partial charge is 0.377 e. The summed E-state index contributed by atoms with van der Waals surface area (Å²) >= 11 is 6.01. The lowest BCUT2D eigenvalue weighted by Gasteiger charge is -2.23. The monoisotopic (exact) mass is 255 g/mol. The van der Waals surface area contributed by atoms with E-state index in [0.717, 1.165) is 37.5 Å². The Morgan fingerprint density at radius 2 is 2.47 bits per heavy atom. The molecule has 5 heteroatoms. The van der Waals surface area contributed by atoms with Gasteiger partial charge in [0.25, 0.3) is 0 Å². The van der Waals surface area contributed by atoms with Gasteiger partial charge in [-0.15, -0.1) is 0 Å². The summed E-state index contributed by atoms with van der Waals surface area (Å²) in [5, 5.41) is 0.635. The zero-order valence-corrected chi connectivity index (χ0v) is 10.8. The van der Waals surface area contributed by atoms with Crippen LogP contribution in [0.3, 0.4) is 0 Å². The lowest BCUT2D eigenvalue weighted by molar-refractivity contribution is 0.0820. The molecular formula is C12H18ClN3O. The Kier molecular flexibility index (Phi) is 4.20. The van der Waals surface area contributed by atoms with Gasteiger partial charge in [0.2, 0.25) is 0 Å². The van der Waals surface area contributed by atoms with Gasteiger partial charge in [-0.2, -0.15) is 0 Å². The van der Waals surface area contributed by atoms with Crippen LogP contribution in [0.2, 0.25) is 5.02 Å². The maximum atomic E-state index is 6.01. The number of nitrogens with zero attached hydrogens (tertiary/aromatic N) is 2. The van der Waals surface area contributed by atoms with Gasteiger partial charge < -0.3 is 15.4 Å². The Balaban J connectivity index is 2.20. The lowest BCUT2D eigenvalue weighted by Crippen LogP contribution is -2.30. The molecule has 2 rings (SSSR count). The molecule has 17 heavy (non-hydrogen) atoms. The normalized spacial score (nSPS) is 21.4. The van der Waals surface area contributed by atoms with E-state index < -0.39 is 0 Å². The Bertz CT molecular complexity index is 386. The summed E-state index contributed by atoms with van der Waals surface area (Å²) in [6, 6.07) is 1.97. The van der Waals surface area contributed by atoms with Crippen LogP contribution in [0.4, 0.5) is 5.82 Å². The van der Waals surface area contributed by atoms with Crippen molar-refractivity contribution in [3.8, 4) is 0 Å². The summed E-state index contributed by atoms with van der Waals surface area (Å²) in [6.07, 6.45) is 2.93.